The first kappa shape index (κ1) is 22.7. The van der Waals surface area contributed by atoms with E-state index in [1.165, 1.54) is 5.57 Å². The van der Waals surface area contributed by atoms with Gasteiger partial charge in [0.05, 0.1) is 0 Å². The van der Waals surface area contributed by atoms with Crippen LogP contribution in [0.3, 0.4) is 0 Å². The molecule has 3 nitrogen and oxygen atoms in total. The molecule has 3 heteroatoms. The summed E-state index contributed by atoms with van der Waals surface area (Å²) in [5.74, 6) is 0. The zero-order valence-corrected chi connectivity index (χ0v) is 13.7. The molecular weight excluding hydrogens is 234 g/mol. The first-order valence-electron chi connectivity index (χ1n) is 6.68. The van der Waals surface area contributed by atoms with Crippen LogP contribution in [0.1, 0.15) is 34.6 Å². The standard InChI is InChI=1S/C7H12N2.C7H15N.C2H6/c1-3-4-7(9)5-6(2)8;1-5-8(4)6-7(2)3;1-2/h3-5H,1,8-9H2,2H3;2,5-6H2,1,3-4H3;1-2H3/b6-5+,7-4+;;. The van der Waals surface area contributed by atoms with Crippen molar-refractivity contribution in [1.29, 1.82) is 0 Å². The number of hydrogen-bond donors (Lipinski definition) is 2. The zero-order valence-electron chi connectivity index (χ0n) is 13.7. The van der Waals surface area contributed by atoms with Crippen LogP contribution in [-0.4, -0.2) is 25.0 Å². The van der Waals surface area contributed by atoms with Crippen molar-refractivity contribution in [2.75, 3.05) is 20.1 Å². The molecule has 0 heterocycles. The topological polar surface area (TPSA) is 55.3 Å². The summed E-state index contributed by atoms with van der Waals surface area (Å²) in [6, 6.07) is 0. The fraction of sp³-hybridized carbons (Fsp3) is 0.500. The van der Waals surface area contributed by atoms with E-state index in [0.717, 1.165) is 13.1 Å². The van der Waals surface area contributed by atoms with Gasteiger partial charge in [0, 0.05) is 17.9 Å². The molecule has 0 aromatic rings. The van der Waals surface area contributed by atoms with Crippen molar-refractivity contribution < 1.29 is 0 Å². The Labute approximate surface area is 120 Å². The zero-order chi connectivity index (χ0) is 15.8. The van der Waals surface area contributed by atoms with Crippen LogP contribution in [-0.2, 0) is 0 Å². The van der Waals surface area contributed by atoms with E-state index in [1.54, 1.807) is 25.2 Å². The van der Waals surface area contributed by atoms with Crippen molar-refractivity contribution in [2.45, 2.75) is 34.6 Å². The highest BCUT2D eigenvalue weighted by molar-refractivity contribution is 5.21. The van der Waals surface area contributed by atoms with Gasteiger partial charge in [0.2, 0.25) is 0 Å². The number of nitrogens with two attached hydrogens (primary N) is 2. The van der Waals surface area contributed by atoms with E-state index in [1.807, 2.05) is 20.8 Å². The second kappa shape index (κ2) is 16.5. The predicted molar refractivity (Wildman–Crippen MR) is 89.7 cm³/mol. The molecule has 4 N–H and O–H groups in total. The maximum absolute atomic E-state index is 5.42. The Balaban J connectivity index is -0.000000239. The predicted octanol–water partition coefficient (Wildman–Crippen LogP) is 3.42. The second-order valence-electron chi connectivity index (χ2n) is 4.08. The first-order valence-corrected chi connectivity index (χ1v) is 6.68. The number of allylic oxidation sites excluding steroid dienone is 4. The lowest BCUT2D eigenvalue weighted by molar-refractivity contribution is 0.384. The number of hydrogen-bond acceptors (Lipinski definition) is 3. The summed E-state index contributed by atoms with van der Waals surface area (Å²) in [7, 11) is 2.09. The molecule has 0 saturated heterocycles. The van der Waals surface area contributed by atoms with Crippen molar-refractivity contribution >= 4 is 0 Å². The molecular formula is C16H33N3. The molecule has 0 radical (unpaired) electrons. The molecule has 0 aliphatic rings. The molecule has 19 heavy (non-hydrogen) atoms. The Morgan fingerprint density at radius 1 is 1.21 bits per heavy atom. The highest BCUT2D eigenvalue weighted by Crippen LogP contribution is 1.90. The molecule has 0 rings (SSSR count). The summed E-state index contributed by atoms with van der Waals surface area (Å²) in [5, 5.41) is 0. The summed E-state index contributed by atoms with van der Waals surface area (Å²) < 4.78 is 0. The molecule has 0 unspecified atom stereocenters. The van der Waals surface area contributed by atoms with E-state index in [4.69, 9.17) is 11.5 Å². The normalized spacial score (nSPS) is 10.9. The Kier molecular flexibility index (Phi) is 19.7. The molecule has 0 aromatic carbocycles. The molecule has 0 amide bonds. The summed E-state index contributed by atoms with van der Waals surface area (Å²) in [5.41, 5.74) is 13.3. The summed E-state index contributed by atoms with van der Waals surface area (Å²) in [4.78, 5) is 2.22. The fourth-order valence-corrected chi connectivity index (χ4v) is 1.02. The van der Waals surface area contributed by atoms with Gasteiger partial charge in [-0.2, -0.15) is 0 Å². The molecule has 0 saturated carbocycles. The average molecular weight is 267 g/mol. The molecule has 0 bridgehead atoms. The number of nitrogens with zero attached hydrogens (tertiary/aromatic N) is 1. The van der Waals surface area contributed by atoms with Crippen molar-refractivity contribution in [3.05, 3.63) is 48.4 Å². The monoisotopic (exact) mass is 267 g/mol. The van der Waals surface area contributed by atoms with E-state index in [0.29, 0.717) is 11.4 Å². The van der Waals surface area contributed by atoms with Crippen molar-refractivity contribution in [3.8, 4) is 0 Å². The quantitative estimate of drug-likeness (QED) is 0.593. The van der Waals surface area contributed by atoms with Gasteiger partial charge in [0.15, 0.2) is 0 Å². The van der Waals surface area contributed by atoms with Gasteiger partial charge in [-0.1, -0.05) is 45.6 Å². The van der Waals surface area contributed by atoms with Crippen LogP contribution in [0.25, 0.3) is 0 Å². The van der Waals surface area contributed by atoms with E-state index in [-0.39, 0.29) is 0 Å². The molecule has 0 aliphatic carbocycles. The third-order valence-electron chi connectivity index (χ3n) is 1.78. The minimum atomic E-state index is 0.630. The van der Waals surface area contributed by atoms with E-state index >= 15 is 0 Å². The summed E-state index contributed by atoms with van der Waals surface area (Å²) in [6.07, 6.45) is 4.99. The third kappa shape index (κ3) is 26.2. The Morgan fingerprint density at radius 2 is 1.68 bits per heavy atom. The lowest BCUT2D eigenvalue weighted by Crippen LogP contribution is -2.18. The van der Waals surface area contributed by atoms with Gasteiger partial charge in [-0.25, -0.2) is 0 Å². The SMILES string of the molecule is C=C(C)CN(C)CC.C=C/C=C(N)\C=C(/C)N.CC. The second-order valence-corrected chi connectivity index (χ2v) is 4.08. The first-order chi connectivity index (χ1) is 8.83. The lowest BCUT2D eigenvalue weighted by atomic mass is 10.3. The van der Waals surface area contributed by atoms with Crippen molar-refractivity contribution in [3.63, 3.8) is 0 Å². The van der Waals surface area contributed by atoms with Crippen LogP contribution >= 0.6 is 0 Å². The molecule has 0 fully saturated rings. The van der Waals surface area contributed by atoms with Gasteiger partial charge in [-0.15, -0.1) is 0 Å². The molecule has 0 atom stereocenters. The Hall–Kier alpha value is -1.48. The average Bonchev–Trinajstić information content (AvgIpc) is 2.30. The van der Waals surface area contributed by atoms with Gasteiger partial charge >= 0.3 is 0 Å². The van der Waals surface area contributed by atoms with Gasteiger partial charge in [0.25, 0.3) is 0 Å². The number of likely N-dealkylation sites (N-methyl/N-ethyl adjacent to an activating group) is 1. The molecule has 0 aromatic heterocycles. The summed E-state index contributed by atoms with van der Waals surface area (Å²) >= 11 is 0. The summed E-state index contributed by atoms with van der Waals surface area (Å²) in [6.45, 7) is 19.4. The van der Waals surface area contributed by atoms with Crippen LogP contribution in [0.2, 0.25) is 0 Å². The van der Waals surface area contributed by atoms with Crippen LogP contribution in [0.4, 0.5) is 0 Å². The lowest BCUT2D eigenvalue weighted by Gasteiger charge is -2.12. The molecule has 0 spiro atoms. The Bertz CT molecular complexity index is 284. The van der Waals surface area contributed by atoms with Crippen LogP contribution in [0.5, 0.6) is 0 Å². The van der Waals surface area contributed by atoms with Crippen LogP contribution < -0.4 is 11.5 Å². The smallest absolute Gasteiger partial charge is 0.0330 e. The van der Waals surface area contributed by atoms with Gasteiger partial charge in [0.1, 0.15) is 0 Å². The minimum absolute atomic E-state index is 0.630. The van der Waals surface area contributed by atoms with Crippen molar-refractivity contribution in [1.82, 2.24) is 4.90 Å². The van der Waals surface area contributed by atoms with Gasteiger partial charge in [-0.05, 0) is 39.6 Å². The minimum Gasteiger partial charge on any atom is -0.402 e. The van der Waals surface area contributed by atoms with E-state index in [9.17, 15) is 0 Å². The van der Waals surface area contributed by atoms with Crippen LogP contribution in [0.15, 0.2) is 48.4 Å². The highest BCUT2D eigenvalue weighted by atomic mass is 15.1. The highest BCUT2D eigenvalue weighted by Gasteiger charge is 1.90. The van der Waals surface area contributed by atoms with E-state index in [2.05, 4.69) is 32.0 Å². The molecule has 112 valence electrons. The largest absolute Gasteiger partial charge is 0.402 e. The maximum Gasteiger partial charge on any atom is 0.0330 e. The van der Waals surface area contributed by atoms with Gasteiger partial charge < -0.3 is 16.4 Å². The van der Waals surface area contributed by atoms with E-state index < -0.39 is 0 Å². The Morgan fingerprint density at radius 3 is 1.89 bits per heavy atom. The van der Waals surface area contributed by atoms with Crippen LogP contribution in [0, 0.1) is 0 Å². The maximum atomic E-state index is 5.42. The van der Waals surface area contributed by atoms with Gasteiger partial charge in [-0.3, -0.25) is 0 Å². The molecule has 0 aliphatic heterocycles. The van der Waals surface area contributed by atoms with Crippen molar-refractivity contribution in [2.24, 2.45) is 11.5 Å². The number of rotatable bonds is 5. The third-order valence-corrected chi connectivity index (χ3v) is 1.78. The fourth-order valence-electron chi connectivity index (χ4n) is 1.02.